The first-order chi connectivity index (χ1) is 2.89. The van der Waals surface area contributed by atoms with Crippen molar-refractivity contribution in [2.24, 2.45) is 0 Å². The fraction of sp³-hybridized carbons (Fsp3) is 0.333. The third-order valence-electron chi connectivity index (χ3n) is 0.867. The largest absolute Gasteiger partial charge is 0.270 e. The Kier molecular flexibility index (Phi) is 16.0. The Bertz CT molecular complexity index is 105. The van der Waals surface area contributed by atoms with E-state index in [4.69, 9.17) is 0 Å². The van der Waals surface area contributed by atoms with E-state index >= 15 is 0 Å². The summed E-state index contributed by atoms with van der Waals surface area (Å²) in [4.78, 5) is 0. The maximum Gasteiger partial charge on any atom is 0 e. The standard InChI is InChI=1S/C6H7.2ClH.Ti/c1-6-4-2-3-5-6;;;/h2,4H,3H2,1H3;2*1H;/q-1;;;. The molecule has 0 radical (unpaired) electrons. The van der Waals surface area contributed by atoms with E-state index in [-0.39, 0.29) is 46.5 Å². The molecule has 0 unspecified atom stereocenters. The van der Waals surface area contributed by atoms with Crippen LogP contribution in [0.3, 0.4) is 0 Å². The summed E-state index contributed by atoms with van der Waals surface area (Å²) in [5.74, 6) is 0. The average Bonchev–Trinajstić information content (AvgIpc) is 1.86. The fourth-order valence-corrected chi connectivity index (χ4v) is 0.515. The predicted octanol–water partition coefficient (Wildman–Crippen LogP) is 2.54. The maximum atomic E-state index is 3.12. The van der Waals surface area contributed by atoms with Gasteiger partial charge in [-0.25, -0.2) is 11.6 Å². The van der Waals surface area contributed by atoms with E-state index in [9.17, 15) is 0 Å². The van der Waals surface area contributed by atoms with Crippen molar-refractivity contribution in [1.29, 1.82) is 0 Å². The molecule has 0 aliphatic heterocycles. The molecule has 9 heavy (non-hydrogen) atoms. The quantitative estimate of drug-likeness (QED) is 0.416. The van der Waals surface area contributed by atoms with Crippen LogP contribution in [-0.2, 0) is 21.7 Å². The van der Waals surface area contributed by atoms with Gasteiger partial charge in [-0.2, -0.15) is 6.08 Å². The molecule has 0 aromatic rings. The van der Waals surface area contributed by atoms with Crippen molar-refractivity contribution in [1.82, 2.24) is 0 Å². The van der Waals surface area contributed by atoms with Gasteiger partial charge in [-0.3, -0.25) is 6.08 Å². The summed E-state index contributed by atoms with van der Waals surface area (Å²) in [6, 6.07) is 0. The van der Waals surface area contributed by atoms with Crippen LogP contribution in [0, 0.1) is 6.08 Å². The molecule has 0 amide bonds. The van der Waals surface area contributed by atoms with Crippen LogP contribution in [0.2, 0.25) is 0 Å². The molecular formula is C6H9Cl2Ti-. The van der Waals surface area contributed by atoms with Gasteiger partial charge < -0.3 is 0 Å². The molecule has 52 valence electrons. The van der Waals surface area contributed by atoms with Gasteiger partial charge in [0.1, 0.15) is 0 Å². The molecular weight excluding hydrogens is 191 g/mol. The fourth-order valence-electron chi connectivity index (χ4n) is 0.515. The molecule has 0 aromatic heterocycles. The van der Waals surface area contributed by atoms with Gasteiger partial charge in [0.2, 0.25) is 0 Å². The summed E-state index contributed by atoms with van der Waals surface area (Å²) < 4.78 is 0. The van der Waals surface area contributed by atoms with Crippen LogP contribution in [0.15, 0.2) is 17.7 Å². The summed E-state index contributed by atoms with van der Waals surface area (Å²) in [6.45, 7) is 2.06. The summed E-state index contributed by atoms with van der Waals surface area (Å²) in [5.41, 5.74) is 1.27. The summed E-state index contributed by atoms with van der Waals surface area (Å²) in [7, 11) is 0. The average molecular weight is 200 g/mol. The monoisotopic (exact) mass is 199 g/mol. The van der Waals surface area contributed by atoms with E-state index in [0.29, 0.717) is 0 Å². The molecule has 3 heteroatoms. The third-order valence-corrected chi connectivity index (χ3v) is 0.867. The van der Waals surface area contributed by atoms with Crippen LogP contribution in [-0.4, -0.2) is 0 Å². The van der Waals surface area contributed by atoms with Crippen molar-refractivity contribution in [3.05, 3.63) is 23.8 Å². The first-order valence-electron chi connectivity index (χ1n) is 2.13. The van der Waals surface area contributed by atoms with Crippen molar-refractivity contribution in [2.45, 2.75) is 13.3 Å². The number of hydrogen-bond donors (Lipinski definition) is 0. The molecule has 0 atom stereocenters. The Balaban J connectivity index is -0.000000120. The molecule has 1 aliphatic carbocycles. The van der Waals surface area contributed by atoms with Crippen molar-refractivity contribution in [3.8, 4) is 0 Å². The zero-order valence-corrected chi connectivity index (χ0v) is 8.37. The van der Waals surface area contributed by atoms with E-state index in [2.05, 4.69) is 25.2 Å². The first kappa shape index (κ1) is 16.4. The normalized spacial score (nSPS) is 12.3. The minimum Gasteiger partial charge on any atom is -0.270 e. The number of allylic oxidation sites excluding steroid dienone is 4. The molecule has 0 aromatic carbocycles. The van der Waals surface area contributed by atoms with Crippen LogP contribution < -0.4 is 0 Å². The zero-order chi connectivity index (χ0) is 4.41. The van der Waals surface area contributed by atoms with E-state index in [1.807, 2.05) is 0 Å². The molecule has 0 heterocycles. The van der Waals surface area contributed by atoms with Gasteiger partial charge in [0.25, 0.3) is 0 Å². The van der Waals surface area contributed by atoms with Gasteiger partial charge in [-0.15, -0.1) is 31.2 Å². The summed E-state index contributed by atoms with van der Waals surface area (Å²) in [6.07, 6.45) is 8.33. The van der Waals surface area contributed by atoms with E-state index in [1.165, 1.54) is 5.57 Å². The van der Waals surface area contributed by atoms with Crippen molar-refractivity contribution in [2.75, 3.05) is 0 Å². The summed E-state index contributed by atoms with van der Waals surface area (Å²) in [5, 5.41) is 0. The molecule has 0 nitrogen and oxygen atoms in total. The minimum absolute atomic E-state index is 0. The Morgan fingerprint density at radius 1 is 1.44 bits per heavy atom. The Hall–Kier alpha value is 0.774. The molecule has 1 aliphatic rings. The van der Waals surface area contributed by atoms with Crippen molar-refractivity contribution in [3.63, 3.8) is 0 Å². The molecule has 0 saturated carbocycles. The van der Waals surface area contributed by atoms with Gasteiger partial charge in [0, 0.05) is 21.7 Å². The smallest absolute Gasteiger partial charge is 0 e. The van der Waals surface area contributed by atoms with E-state index < -0.39 is 0 Å². The van der Waals surface area contributed by atoms with Crippen LogP contribution >= 0.6 is 24.8 Å². The molecule has 0 fully saturated rings. The minimum atomic E-state index is 0. The van der Waals surface area contributed by atoms with Gasteiger partial charge in [0.05, 0.1) is 0 Å². The third kappa shape index (κ3) is 6.66. The second-order valence-electron chi connectivity index (χ2n) is 1.47. The Morgan fingerprint density at radius 3 is 2.11 bits per heavy atom. The molecule has 0 N–H and O–H groups in total. The van der Waals surface area contributed by atoms with Crippen LogP contribution in [0.5, 0.6) is 0 Å². The van der Waals surface area contributed by atoms with Gasteiger partial charge in [0.15, 0.2) is 0 Å². The van der Waals surface area contributed by atoms with Crippen molar-refractivity contribution < 1.29 is 21.7 Å². The molecule has 0 saturated heterocycles. The van der Waals surface area contributed by atoms with Gasteiger partial charge >= 0.3 is 0 Å². The molecule has 1 rings (SSSR count). The number of halogens is 2. The van der Waals surface area contributed by atoms with Crippen LogP contribution in [0.4, 0.5) is 0 Å². The molecule has 0 bridgehead atoms. The zero-order valence-electron chi connectivity index (χ0n) is 5.18. The number of rotatable bonds is 0. The van der Waals surface area contributed by atoms with Crippen LogP contribution in [0.25, 0.3) is 0 Å². The van der Waals surface area contributed by atoms with Gasteiger partial charge in [-0.05, 0) is 0 Å². The Morgan fingerprint density at radius 2 is 2.00 bits per heavy atom. The maximum absolute atomic E-state index is 3.12. The van der Waals surface area contributed by atoms with E-state index in [0.717, 1.165) is 6.42 Å². The Labute approximate surface area is 83.5 Å². The second kappa shape index (κ2) is 8.77. The van der Waals surface area contributed by atoms with Crippen LogP contribution in [0.1, 0.15) is 13.3 Å². The van der Waals surface area contributed by atoms with Crippen molar-refractivity contribution >= 4 is 24.8 Å². The summed E-state index contributed by atoms with van der Waals surface area (Å²) >= 11 is 0. The SMILES string of the molecule is CC1=[C-]CC=C1.Cl.Cl.[Ti]. The number of hydrogen-bond acceptors (Lipinski definition) is 0. The van der Waals surface area contributed by atoms with E-state index in [1.54, 1.807) is 0 Å². The van der Waals surface area contributed by atoms with Gasteiger partial charge in [-0.1, -0.05) is 6.92 Å². The first-order valence-corrected chi connectivity index (χ1v) is 2.13. The predicted molar refractivity (Wildman–Crippen MR) is 40.7 cm³/mol. The molecule has 0 spiro atoms. The topological polar surface area (TPSA) is 0 Å². The second-order valence-corrected chi connectivity index (χ2v) is 1.47.